The molecular formula is C30H48O8. The van der Waals surface area contributed by atoms with Crippen LogP contribution in [0.4, 0.5) is 0 Å². The highest BCUT2D eigenvalue weighted by Gasteiger charge is 2.23. The molecule has 0 heterocycles. The van der Waals surface area contributed by atoms with Crippen LogP contribution in [0.15, 0.2) is 48.6 Å². The van der Waals surface area contributed by atoms with E-state index in [1.54, 1.807) is 27.7 Å². The molecule has 0 rings (SSSR count). The lowest BCUT2D eigenvalue weighted by atomic mass is 9.96. The van der Waals surface area contributed by atoms with Crippen LogP contribution in [-0.2, 0) is 38.1 Å². The number of unbranched alkanes of at least 4 members (excludes halogenated alkanes) is 6. The SMILES string of the molecule is C=C(C)C(=O)OCC(C)(C)COC(=O)C(=C)C.C=C(C)C(=O)OCCCCCCCCCOC(=O)C(=C)C. The van der Waals surface area contributed by atoms with Gasteiger partial charge in [-0.25, -0.2) is 19.2 Å². The van der Waals surface area contributed by atoms with Crippen molar-refractivity contribution in [2.75, 3.05) is 26.4 Å². The molecule has 0 spiro atoms. The first kappa shape index (κ1) is 37.0. The fraction of sp³-hybridized carbons (Fsp3) is 0.600. The van der Waals surface area contributed by atoms with Crippen molar-refractivity contribution in [3.8, 4) is 0 Å². The van der Waals surface area contributed by atoms with Gasteiger partial charge < -0.3 is 18.9 Å². The number of ether oxygens (including phenoxy) is 4. The Hall–Kier alpha value is -3.16. The van der Waals surface area contributed by atoms with Crippen molar-refractivity contribution in [2.45, 2.75) is 86.5 Å². The molecule has 0 aromatic carbocycles. The second kappa shape index (κ2) is 20.8. The maximum Gasteiger partial charge on any atom is 0.333 e. The highest BCUT2D eigenvalue weighted by molar-refractivity contribution is 5.88. The Balaban J connectivity index is 0. The van der Waals surface area contributed by atoms with Crippen LogP contribution in [0.25, 0.3) is 0 Å². The van der Waals surface area contributed by atoms with Gasteiger partial charge in [0.25, 0.3) is 0 Å². The molecule has 0 saturated heterocycles. The highest BCUT2D eigenvalue weighted by Crippen LogP contribution is 2.17. The van der Waals surface area contributed by atoms with E-state index in [1.807, 2.05) is 13.8 Å². The van der Waals surface area contributed by atoms with E-state index >= 15 is 0 Å². The van der Waals surface area contributed by atoms with Gasteiger partial charge in [-0.3, -0.25) is 0 Å². The van der Waals surface area contributed by atoms with Crippen LogP contribution >= 0.6 is 0 Å². The molecule has 8 heteroatoms. The molecule has 0 bridgehead atoms. The first-order valence-electron chi connectivity index (χ1n) is 12.9. The normalized spacial score (nSPS) is 10.3. The minimum Gasteiger partial charge on any atom is -0.462 e. The Bertz CT molecular complexity index is 769. The van der Waals surface area contributed by atoms with E-state index in [2.05, 4.69) is 26.3 Å². The van der Waals surface area contributed by atoms with Crippen LogP contribution in [0.2, 0.25) is 0 Å². The standard InChI is InChI=1S/C17H28O4.C13H20O4/c1-14(2)16(18)20-12-10-8-6-5-7-9-11-13-21-17(19)15(3)4;1-9(2)11(14)16-7-13(5,6)8-17-12(15)10(3)4/h1,3,5-13H2,2,4H3;1,3,7-8H2,2,4-6H3. The summed E-state index contributed by atoms with van der Waals surface area (Å²) in [6.45, 7) is 25.4. The topological polar surface area (TPSA) is 105 Å². The van der Waals surface area contributed by atoms with Crippen molar-refractivity contribution >= 4 is 23.9 Å². The second-order valence-corrected chi connectivity index (χ2v) is 10.2. The van der Waals surface area contributed by atoms with Crippen LogP contribution in [0.5, 0.6) is 0 Å². The third-order valence-corrected chi connectivity index (χ3v) is 4.84. The van der Waals surface area contributed by atoms with Crippen LogP contribution in [0.1, 0.15) is 86.5 Å². The fourth-order valence-corrected chi connectivity index (χ4v) is 2.47. The summed E-state index contributed by atoms with van der Waals surface area (Å²) >= 11 is 0. The Labute approximate surface area is 229 Å². The molecule has 0 aliphatic heterocycles. The van der Waals surface area contributed by atoms with Crippen molar-refractivity contribution in [2.24, 2.45) is 5.41 Å². The molecule has 0 unspecified atom stereocenters. The minimum absolute atomic E-state index is 0.169. The maximum absolute atomic E-state index is 11.2. The summed E-state index contributed by atoms with van der Waals surface area (Å²) in [4.78, 5) is 44.6. The summed E-state index contributed by atoms with van der Waals surface area (Å²) in [5.74, 6) is -1.49. The Morgan fingerprint density at radius 2 is 0.711 bits per heavy atom. The van der Waals surface area contributed by atoms with Gasteiger partial charge in [0.05, 0.1) is 26.4 Å². The van der Waals surface area contributed by atoms with Gasteiger partial charge in [-0.2, -0.15) is 0 Å². The summed E-state index contributed by atoms with van der Waals surface area (Å²) in [6.07, 6.45) is 7.35. The molecule has 0 atom stereocenters. The number of carbonyl (C=O) groups excluding carboxylic acids is 4. The van der Waals surface area contributed by atoms with Gasteiger partial charge >= 0.3 is 23.9 Å². The molecule has 0 aromatic rings. The van der Waals surface area contributed by atoms with E-state index < -0.39 is 17.4 Å². The van der Waals surface area contributed by atoms with Gasteiger partial charge in [0.1, 0.15) is 0 Å². The van der Waals surface area contributed by atoms with E-state index in [4.69, 9.17) is 18.9 Å². The van der Waals surface area contributed by atoms with Crippen LogP contribution in [0, 0.1) is 5.41 Å². The summed E-state index contributed by atoms with van der Waals surface area (Å²) in [5, 5.41) is 0. The van der Waals surface area contributed by atoms with Gasteiger partial charge in [0, 0.05) is 27.7 Å². The molecular weight excluding hydrogens is 488 g/mol. The predicted octanol–water partition coefficient (Wildman–Crippen LogP) is 6.21. The van der Waals surface area contributed by atoms with Crippen molar-refractivity contribution in [3.05, 3.63) is 48.6 Å². The van der Waals surface area contributed by atoms with Crippen LogP contribution in [0.3, 0.4) is 0 Å². The summed E-state index contributed by atoms with van der Waals surface area (Å²) in [7, 11) is 0. The average molecular weight is 537 g/mol. The molecule has 0 amide bonds. The van der Waals surface area contributed by atoms with E-state index in [0.717, 1.165) is 44.9 Å². The Kier molecular flexibility index (Phi) is 20.3. The zero-order valence-corrected chi connectivity index (χ0v) is 24.4. The van der Waals surface area contributed by atoms with Gasteiger partial charge in [0.2, 0.25) is 0 Å². The number of hydrogen-bond donors (Lipinski definition) is 0. The highest BCUT2D eigenvalue weighted by atomic mass is 16.6. The van der Waals surface area contributed by atoms with Crippen molar-refractivity contribution in [3.63, 3.8) is 0 Å². The monoisotopic (exact) mass is 536 g/mol. The predicted molar refractivity (Wildman–Crippen MR) is 149 cm³/mol. The minimum atomic E-state index is -0.440. The molecule has 0 N–H and O–H groups in total. The third-order valence-electron chi connectivity index (χ3n) is 4.84. The first-order valence-corrected chi connectivity index (χ1v) is 12.9. The molecule has 0 aromatic heterocycles. The molecule has 38 heavy (non-hydrogen) atoms. The largest absolute Gasteiger partial charge is 0.462 e. The molecule has 0 radical (unpaired) electrons. The van der Waals surface area contributed by atoms with Crippen LogP contribution < -0.4 is 0 Å². The lowest BCUT2D eigenvalue weighted by molar-refractivity contribution is -0.148. The summed E-state index contributed by atoms with van der Waals surface area (Å²) in [6, 6.07) is 0. The maximum atomic E-state index is 11.2. The smallest absolute Gasteiger partial charge is 0.333 e. The average Bonchev–Trinajstić information content (AvgIpc) is 2.84. The van der Waals surface area contributed by atoms with Crippen molar-refractivity contribution in [1.29, 1.82) is 0 Å². The fourth-order valence-electron chi connectivity index (χ4n) is 2.47. The van der Waals surface area contributed by atoms with E-state index in [0.29, 0.717) is 35.5 Å². The number of carbonyl (C=O) groups is 4. The quantitative estimate of drug-likeness (QED) is 0.0881. The zero-order chi connectivity index (χ0) is 29.7. The number of hydrogen-bond acceptors (Lipinski definition) is 8. The Morgan fingerprint density at radius 1 is 0.474 bits per heavy atom. The van der Waals surface area contributed by atoms with Crippen molar-refractivity contribution in [1.82, 2.24) is 0 Å². The van der Waals surface area contributed by atoms with Gasteiger partial charge in [-0.15, -0.1) is 0 Å². The second-order valence-electron chi connectivity index (χ2n) is 10.2. The van der Waals surface area contributed by atoms with Crippen molar-refractivity contribution < 1.29 is 38.1 Å². The number of esters is 4. The van der Waals surface area contributed by atoms with Crippen LogP contribution in [-0.4, -0.2) is 50.3 Å². The molecule has 8 nitrogen and oxygen atoms in total. The summed E-state index contributed by atoms with van der Waals surface area (Å²) in [5.41, 5.74) is 1.15. The Morgan fingerprint density at radius 3 is 0.974 bits per heavy atom. The van der Waals surface area contributed by atoms with Gasteiger partial charge in [0.15, 0.2) is 0 Å². The molecule has 0 fully saturated rings. The molecule has 0 aliphatic carbocycles. The van der Waals surface area contributed by atoms with E-state index in [-0.39, 0.29) is 25.2 Å². The summed E-state index contributed by atoms with van der Waals surface area (Å²) < 4.78 is 20.0. The zero-order valence-electron chi connectivity index (χ0n) is 24.4. The number of rotatable bonds is 18. The van der Waals surface area contributed by atoms with Gasteiger partial charge in [-0.1, -0.05) is 72.3 Å². The molecule has 0 saturated carbocycles. The van der Waals surface area contributed by atoms with Gasteiger partial charge in [-0.05, 0) is 40.5 Å². The first-order chi connectivity index (χ1) is 17.6. The van der Waals surface area contributed by atoms with E-state index in [9.17, 15) is 19.2 Å². The third kappa shape index (κ3) is 22.1. The molecule has 216 valence electrons. The van der Waals surface area contributed by atoms with E-state index in [1.165, 1.54) is 0 Å². The molecule has 0 aliphatic rings. The lowest BCUT2D eigenvalue weighted by Crippen LogP contribution is -2.28. The lowest BCUT2D eigenvalue weighted by Gasteiger charge is -2.23.